The Kier molecular flexibility index (Phi) is 8.29. The highest BCUT2D eigenvalue weighted by atomic mass is 16.5. The Morgan fingerprint density at radius 3 is 2.23 bits per heavy atom. The Hall–Kier alpha value is -3.48. The van der Waals surface area contributed by atoms with Gasteiger partial charge in [0.25, 0.3) is 5.91 Å². The molecule has 2 aromatic rings. The minimum atomic E-state index is -1.02. The molecule has 1 saturated carbocycles. The smallest absolute Gasteiger partial charge is 0.330 e. The van der Waals surface area contributed by atoms with Gasteiger partial charge in [0.2, 0.25) is 5.91 Å². The van der Waals surface area contributed by atoms with Crippen molar-refractivity contribution in [3.05, 3.63) is 71.8 Å². The van der Waals surface area contributed by atoms with Crippen LogP contribution < -0.4 is 5.32 Å². The predicted octanol–water partition coefficient (Wildman–Crippen LogP) is 3.67. The van der Waals surface area contributed by atoms with Gasteiger partial charge >= 0.3 is 5.97 Å². The van der Waals surface area contributed by atoms with Gasteiger partial charge in [-0.05, 0) is 30.9 Å². The Morgan fingerprint density at radius 2 is 1.60 bits per heavy atom. The van der Waals surface area contributed by atoms with Gasteiger partial charge in [0, 0.05) is 12.6 Å². The fourth-order valence-corrected chi connectivity index (χ4v) is 5.02. The summed E-state index contributed by atoms with van der Waals surface area (Å²) < 4.78 is 5.38. The van der Waals surface area contributed by atoms with Crippen molar-refractivity contribution < 1.29 is 19.1 Å². The van der Waals surface area contributed by atoms with E-state index in [1.807, 2.05) is 60.7 Å². The molecule has 1 aliphatic carbocycles. The quantitative estimate of drug-likeness (QED) is 0.590. The van der Waals surface area contributed by atoms with E-state index in [0.29, 0.717) is 6.54 Å². The number of aliphatic imine (C=N–C) groups is 1. The summed E-state index contributed by atoms with van der Waals surface area (Å²) in [6, 6.07) is 18.0. The topological polar surface area (TPSA) is 88.1 Å². The zero-order valence-corrected chi connectivity index (χ0v) is 20.2. The van der Waals surface area contributed by atoms with Crippen molar-refractivity contribution in [1.29, 1.82) is 0 Å². The van der Waals surface area contributed by atoms with Crippen LogP contribution in [-0.4, -0.2) is 47.1 Å². The van der Waals surface area contributed by atoms with Gasteiger partial charge in [-0.1, -0.05) is 79.9 Å². The van der Waals surface area contributed by atoms with E-state index < -0.39 is 17.9 Å². The number of esters is 1. The minimum Gasteiger partial charge on any atom is -0.464 e. The number of rotatable bonds is 8. The van der Waals surface area contributed by atoms with E-state index in [1.54, 1.807) is 11.8 Å². The monoisotopic (exact) mass is 475 g/mol. The Balaban J connectivity index is 1.68. The maximum atomic E-state index is 13.7. The maximum absolute atomic E-state index is 13.7. The first-order valence-corrected chi connectivity index (χ1v) is 12.5. The normalized spacial score (nSPS) is 21.8. The molecule has 184 valence electrons. The number of ether oxygens (including phenoxy) is 1. The van der Waals surface area contributed by atoms with Crippen molar-refractivity contribution in [1.82, 2.24) is 10.2 Å². The van der Waals surface area contributed by atoms with Crippen LogP contribution in [0.4, 0.5) is 0 Å². The molecule has 0 radical (unpaired) electrons. The van der Waals surface area contributed by atoms with Crippen molar-refractivity contribution in [2.45, 2.75) is 64.2 Å². The van der Waals surface area contributed by atoms with Gasteiger partial charge in [-0.25, -0.2) is 4.79 Å². The Bertz CT molecular complexity index is 1050. The second kappa shape index (κ2) is 11.8. The molecule has 1 heterocycles. The van der Waals surface area contributed by atoms with Crippen LogP contribution >= 0.6 is 0 Å². The highest BCUT2D eigenvalue weighted by Gasteiger charge is 2.55. The lowest BCUT2D eigenvalue weighted by atomic mass is 9.92. The molecule has 2 aromatic carbocycles. The SMILES string of the molecule is CCOC(=O)[C@H]1[C@H](C(=O)NCc2ccccc2)C(=NCc2ccccc2)C(=O)N1C1CCCCC1. The molecular formula is C28H33N3O4. The number of nitrogens with one attached hydrogen (secondary N) is 1. The molecule has 2 atom stereocenters. The molecule has 1 aliphatic heterocycles. The Morgan fingerprint density at radius 1 is 0.971 bits per heavy atom. The summed E-state index contributed by atoms with van der Waals surface area (Å²) >= 11 is 0. The van der Waals surface area contributed by atoms with Gasteiger partial charge in [-0.15, -0.1) is 0 Å². The molecular weight excluding hydrogens is 442 g/mol. The fraction of sp³-hybridized carbons (Fsp3) is 0.429. The van der Waals surface area contributed by atoms with Crippen LogP contribution in [0.5, 0.6) is 0 Å². The van der Waals surface area contributed by atoms with E-state index in [-0.39, 0.29) is 36.7 Å². The van der Waals surface area contributed by atoms with Crippen LogP contribution in [0.25, 0.3) is 0 Å². The summed E-state index contributed by atoms with van der Waals surface area (Å²) in [6.07, 6.45) is 4.72. The fourth-order valence-electron chi connectivity index (χ4n) is 5.02. The average Bonchev–Trinajstić information content (AvgIpc) is 3.20. The van der Waals surface area contributed by atoms with Gasteiger partial charge in [-0.3, -0.25) is 14.6 Å². The zero-order valence-electron chi connectivity index (χ0n) is 20.2. The zero-order chi connectivity index (χ0) is 24.6. The summed E-state index contributed by atoms with van der Waals surface area (Å²) in [5.74, 6) is -2.27. The van der Waals surface area contributed by atoms with Gasteiger partial charge in [-0.2, -0.15) is 0 Å². The largest absolute Gasteiger partial charge is 0.464 e. The number of carbonyl (C=O) groups excluding carboxylic acids is 3. The molecule has 7 heteroatoms. The van der Waals surface area contributed by atoms with Gasteiger partial charge < -0.3 is 15.0 Å². The number of hydrogen-bond donors (Lipinski definition) is 1. The summed E-state index contributed by atoms with van der Waals surface area (Å²) in [4.78, 5) is 46.7. The second-order valence-corrected chi connectivity index (χ2v) is 9.07. The van der Waals surface area contributed by atoms with E-state index in [2.05, 4.69) is 10.3 Å². The maximum Gasteiger partial charge on any atom is 0.330 e. The van der Waals surface area contributed by atoms with Crippen LogP contribution in [0.2, 0.25) is 0 Å². The van der Waals surface area contributed by atoms with Gasteiger partial charge in [0.15, 0.2) is 0 Å². The first-order chi connectivity index (χ1) is 17.1. The molecule has 7 nitrogen and oxygen atoms in total. The van der Waals surface area contributed by atoms with Crippen molar-refractivity contribution in [3.63, 3.8) is 0 Å². The molecule has 0 aromatic heterocycles. The van der Waals surface area contributed by atoms with Crippen molar-refractivity contribution in [2.24, 2.45) is 10.9 Å². The average molecular weight is 476 g/mol. The summed E-state index contributed by atoms with van der Waals surface area (Å²) in [5.41, 5.74) is 2.01. The standard InChI is InChI=1S/C28H33N3O4/c1-2-35-28(34)25-23(26(32)30-19-21-14-8-4-9-15-21)24(29-18-20-12-6-3-7-13-20)27(33)31(25)22-16-10-5-11-17-22/h3-4,6-9,12-15,22-23,25H,2,5,10-11,16-19H2,1H3,(H,30,32)/t23-,25-/m1/s1. The third kappa shape index (κ3) is 5.78. The number of benzene rings is 2. The molecule has 0 bridgehead atoms. The van der Waals surface area contributed by atoms with Crippen LogP contribution in [-0.2, 0) is 32.2 Å². The first-order valence-electron chi connectivity index (χ1n) is 12.5. The minimum absolute atomic E-state index is 0.0977. The van der Waals surface area contributed by atoms with E-state index in [1.165, 1.54) is 0 Å². The number of likely N-dealkylation sites (tertiary alicyclic amines) is 1. The third-order valence-corrected chi connectivity index (χ3v) is 6.73. The summed E-state index contributed by atoms with van der Waals surface area (Å²) in [5, 5.41) is 2.93. The Labute approximate surface area is 206 Å². The van der Waals surface area contributed by atoms with E-state index in [0.717, 1.165) is 43.2 Å². The highest BCUT2D eigenvalue weighted by molar-refractivity contribution is 6.46. The second-order valence-electron chi connectivity index (χ2n) is 9.07. The summed E-state index contributed by atoms with van der Waals surface area (Å²) in [6.45, 7) is 2.47. The number of amides is 2. The first kappa shape index (κ1) is 24.6. The van der Waals surface area contributed by atoms with Crippen molar-refractivity contribution in [2.75, 3.05) is 6.61 Å². The summed E-state index contributed by atoms with van der Waals surface area (Å²) in [7, 11) is 0. The van der Waals surface area contributed by atoms with Crippen molar-refractivity contribution >= 4 is 23.5 Å². The lowest BCUT2D eigenvalue weighted by Gasteiger charge is -2.35. The number of nitrogens with zero attached hydrogens (tertiary/aromatic N) is 2. The number of hydrogen-bond acceptors (Lipinski definition) is 5. The predicted molar refractivity (Wildman–Crippen MR) is 133 cm³/mol. The lowest BCUT2D eigenvalue weighted by molar-refractivity contribution is -0.155. The number of carbonyl (C=O) groups is 3. The van der Waals surface area contributed by atoms with Gasteiger partial charge in [0.05, 0.1) is 13.2 Å². The third-order valence-electron chi connectivity index (χ3n) is 6.73. The molecule has 1 N–H and O–H groups in total. The highest BCUT2D eigenvalue weighted by Crippen LogP contribution is 2.33. The molecule has 0 spiro atoms. The molecule has 2 fully saturated rings. The molecule has 2 amide bonds. The van der Waals surface area contributed by atoms with Crippen molar-refractivity contribution in [3.8, 4) is 0 Å². The molecule has 4 rings (SSSR count). The van der Waals surface area contributed by atoms with Crippen LogP contribution in [0.1, 0.15) is 50.2 Å². The van der Waals surface area contributed by atoms with E-state index in [9.17, 15) is 14.4 Å². The molecule has 35 heavy (non-hydrogen) atoms. The lowest BCUT2D eigenvalue weighted by Crippen LogP contribution is -2.51. The molecule has 1 saturated heterocycles. The van der Waals surface area contributed by atoms with Gasteiger partial charge in [0.1, 0.15) is 17.7 Å². The van der Waals surface area contributed by atoms with Crippen LogP contribution in [0.15, 0.2) is 65.7 Å². The molecule has 0 unspecified atom stereocenters. The van der Waals surface area contributed by atoms with E-state index >= 15 is 0 Å². The van der Waals surface area contributed by atoms with E-state index in [4.69, 9.17) is 4.74 Å². The van der Waals surface area contributed by atoms with Crippen LogP contribution in [0.3, 0.4) is 0 Å². The van der Waals surface area contributed by atoms with Crippen LogP contribution in [0, 0.1) is 5.92 Å². The molecule has 2 aliphatic rings.